The second kappa shape index (κ2) is 13.9. The molecule has 4 aromatic carbocycles. The third-order valence-electron chi connectivity index (χ3n) is 6.70. The first-order valence-corrected chi connectivity index (χ1v) is 16.0. The quantitative estimate of drug-likeness (QED) is 0.166. The van der Waals surface area contributed by atoms with Crippen LogP contribution in [0.3, 0.4) is 0 Å². The topological polar surface area (TPSA) is 85.4 Å². The maximum Gasteiger partial charge on any atom is 0.256 e. The van der Waals surface area contributed by atoms with Crippen molar-refractivity contribution in [1.82, 2.24) is 4.90 Å². The van der Waals surface area contributed by atoms with E-state index in [4.69, 9.17) is 14.2 Å². The molecule has 0 spiro atoms. The predicted octanol–water partition coefficient (Wildman–Crippen LogP) is 6.13. The van der Waals surface area contributed by atoms with E-state index in [-0.39, 0.29) is 12.5 Å². The van der Waals surface area contributed by atoms with Crippen LogP contribution in [0.5, 0.6) is 17.2 Å². The SMILES string of the molecule is COc1ccc(CN(Cc2ccc(OC)cc2)C(=O)c2cc(I)ccc2N(Cc2ccc(OC)cc2)S(C)(=O)=O)cc1. The van der Waals surface area contributed by atoms with Crippen LogP contribution >= 0.6 is 22.6 Å². The number of amides is 1. The molecular formula is C32H33IN2O6S. The van der Waals surface area contributed by atoms with E-state index >= 15 is 0 Å². The molecule has 0 N–H and O–H groups in total. The fourth-order valence-corrected chi connectivity index (χ4v) is 5.84. The number of sulfonamides is 1. The number of carbonyl (C=O) groups excluding carboxylic acids is 1. The Morgan fingerprint density at radius 1 is 0.667 bits per heavy atom. The van der Waals surface area contributed by atoms with Gasteiger partial charge in [-0.25, -0.2) is 8.42 Å². The van der Waals surface area contributed by atoms with Gasteiger partial charge in [0.25, 0.3) is 5.91 Å². The van der Waals surface area contributed by atoms with Gasteiger partial charge in [-0.3, -0.25) is 9.10 Å². The summed E-state index contributed by atoms with van der Waals surface area (Å²) in [6.07, 6.45) is 1.15. The molecular weight excluding hydrogens is 667 g/mol. The average molecular weight is 701 g/mol. The van der Waals surface area contributed by atoms with Gasteiger partial charge in [-0.2, -0.15) is 0 Å². The third kappa shape index (κ3) is 7.95. The van der Waals surface area contributed by atoms with Gasteiger partial charge in [-0.05, 0) is 93.9 Å². The van der Waals surface area contributed by atoms with E-state index in [1.165, 1.54) is 4.31 Å². The molecule has 0 fully saturated rings. The van der Waals surface area contributed by atoms with Gasteiger partial charge in [0.2, 0.25) is 10.0 Å². The standard InChI is InChI=1S/C32H33IN2O6S/c1-39-27-12-5-23(6-13-27)20-34(21-24-7-14-28(40-2)15-8-24)32(36)30-19-26(33)11-18-31(30)35(42(4,37)38)22-25-9-16-29(41-3)17-10-25/h5-19H,20-22H2,1-4H3. The zero-order valence-electron chi connectivity index (χ0n) is 23.9. The fraction of sp³-hybridized carbons (Fsp3) is 0.219. The van der Waals surface area contributed by atoms with Gasteiger partial charge in [-0.15, -0.1) is 0 Å². The number of methoxy groups -OCH3 is 3. The predicted molar refractivity (Wildman–Crippen MR) is 173 cm³/mol. The Labute approximate surface area is 261 Å². The van der Waals surface area contributed by atoms with Crippen molar-refractivity contribution in [3.63, 3.8) is 0 Å². The minimum Gasteiger partial charge on any atom is -0.497 e. The number of nitrogens with zero attached hydrogens (tertiary/aromatic N) is 2. The van der Waals surface area contributed by atoms with E-state index < -0.39 is 10.0 Å². The summed E-state index contributed by atoms with van der Waals surface area (Å²) in [5, 5.41) is 0. The Morgan fingerprint density at radius 2 is 1.07 bits per heavy atom. The molecule has 0 aromatic heterocycles. The zero-order chi connectivity index (χ0) is 30.3. The Kier molecular flexibility index (Phi) is 10.3. The van der Waals surface area contributed by atoms with E-state index in [2.05, 4.69) is 22.6 Å². The summed E-state index contributed by atoms with van der Waals surface area (Å²) in [7, 11) is 1.02. The molecule has 10 heteroatoms. The molecule has 0 heterocycles. The number of hydrogen-bond acceptors (Lipinski definition) is 6. The highest BCUT2D eigenvalue weighted by molar-refractivity contribution is 14.1. The lowest BCUT2D eigenvalue weighted by atomic mass is 10.1. The fourth-order valence-electron chi connectivity index (χ4n) is 4.45. The van der Waals surface area contributed by atoms with Gasteiger partial charge < -0.3 is 19.1 Å². The summed E-state index contributed by atoms with van der Waals surface area (Å²) in [6.45, 7) is 0.662. The van der Waals surface area contributed by atoms with Crippen molar-refractivity contribution in [3.05, 3.63) is 117 Å². The molecule has 42 heavy (non-hydrogen) atoms. The van der Waals surface area contributed by atoms with Crippen LogP contribution in [0.1, 0.15) is 27.0 Å². The Balaban J connectivity index is 1.75. The van der Waals surface area contributed by atoms with Crippen molar-refractivity contribution in [2.24, 2.45) is 0 Å². The number of benzene rings is 4. The maximum absolute atomic E-state index is 14.4. The number of halogens is 1. The van der Waals surface area contributed by atoms with Crippen molar-refractivity contribution < 1.29 is 27.4 Å². The van der Waals surface area contributed by atoms with Gasteiger partial charge in [0.15, 0.2) is 0 Å². The van der Waals surface area contributed by atoms with Crippen LogP contribution in [0, 0.1) is 3.57 Å². The van der Waals surface area contributed by atoms with Crippen LogP contribution in [-0.2, 0) is 29.7 Å². The molecule has 0 saturated carbocycles. The number of anilines is 1. The molecule has 0 bridgehead atoms. The van der Waals surface area contributed by atoms with Crippen LogP contribution in [0.25, 0.3) is 0 Å². The maximum atomic E-state index is 14.4. The third-order valence-corrected chi connectivity index (χ3v) is 8.49. The molecule has 0 saturated heterocycles. The van der Waals surface area contributed by atoms with Crippen molar-refractivity contribution in [2.45, 2.75) is 19.6 Å². The lowest BCUT2D eigenvalue weighted by molar-refractivity contribution is 0.0730. The van der Waals surface area contributed by atoms with Gasteiger partial charge in [0.05, 0.1) is 45.4 Å². The minimum atomic E-state index is -3.76. The van der Waals surface area contributed by atoms with E-state index in [0.29, 0.717) is 41.6 Å². The minimum absolute atomic E-state index is 0.0562. The summed E-state index contributed by atoms with van der Waals surface area (Å²) in [6, 6.07) is 27.5. The normalized spacial score (nSPS) is 11.1. The second-order valence-electron chi connectivity index (χ2n) is 9.64. The number of hydrogen-bond donors (Lipinski definition) is 0. The molecule has 4 rings (SSSR count). The van der Waals surface area contributed by atoms with Crippen LogP contribution in [0.15, 0.2) is 91.0 Å². The molecule has 4 aromatic rings. The number of rotatable bonds is 12. The first-order chi connectivity index (χ1) is 20.1. The zero-order valence-corrected chi connectivity index (χ0v) is 26.9. The summed E-state index contributed by atoms with van der Waals surface area (Å²) < 4.78 is 44.2. The summed E-state index contributed by atoms with van der Waals surface area (Å²) in [4.78, 5) is 16.1. The van der Waals surface area contributed by atoms with Crippen molar-refractivity contribution in [2.75, 3.05) is 31.9 Å². The average Bonchev–Trinajstić information content (AvgIpc) is 3.00. The Bertz CT molecular complexity index is 1560. The Hall–Kier alpha value is -3.77. The smallest absolute Gasteiger partial charge is 0.256 e. The van der Waals surface area contributed by atoms with E-state index in [9.17, 15) is 13.2 Å². The molecule has 0 unspecified atom stereocenters. The Morgan fingerprint density at radius 3 is 1.45 bits per heavy atom. The van der Waals surface area contributed by atoms with E-state index in [0.717, 1.165) is 26.5 Å². The number of ether oxygens (including phenoxy) is 3. The number of carbonyl (C=O) groups is 1. The molecule has 0 aliphatic heterocycles. The largest absolute Gasteiger partial charge is 0.497 e. The highest BCUT2D eigenvalue weighted by Crippen LogP contribution is 2.30. The van der Waals surface area contributed by atoms with Crippen LogP contribution in [0.4, 0.5) is 5.69 Å². The second-order valence-corrected chi connectivity index (χ2v) is 12.8. The molecule has 0 aliphatic carbocycles. The van der Waals surface area contributed by atoms with Crippen molar-refractivity contribution in [1.29, 1.82) is 0 Å². The lowest BCUT2D eigenvalue weighted by Gasteiger charge is -2.28. The highest BCUT2D eigenvalue weighted by Gasteiger charge is 2.27. The summed E-state index contributed by atoms with van der Waals surface area (Å²) in [5.74, 6) is 1.81. The van der Waals surface area contributed by atoms with Crippen molar-refractivity contribution >= 4 is 44.2 Å². The van der Waals surface area contributed by atoms with Crippen LogP contribution in [-0.4, -0.2) is 46.8 Å². The van der Waals surface area contributed by atoms with Crippen molar-refractivity contribution in [3.8, 4) is 17.2 Å². The highest BCUT2D eigenvalue weighted by atomic mass is 127. The molecule has 0 atom stereocenters. The van der Waals surface area contributed by atoms with Gasteiger partial charge in [0.1, 0.15) is 17.2 Å². The summed E-state index contributed by atoms with van der Waals surface area (Å²) in [5.41, 5.74) is 3.17. The van der Waals surface area contributed by atoms with Crippen LogP contribution < -0.4 is 18.5 Å². The van der Waals surface area contributed by atoms with Gasteiger partial charge in [-0.1, -0.05) is 36.4 Å². The molecule has 0 radical (unpaired) electrons. The first kappa shape index (κ1) is 31.2. The molecule has 220 valence electrons. The summed E-state index contributed by atoms with van der Waals surface area (Å²) >= 11 is 2.14. The van der Waals surface area contributed by atoms with Gasteiger partial charge >= 0.3 is 0 Å². The van der Waals surface area contributed by atoms with Gasteiger partial charge in [0, 0.05) is 16.7 Å². The van der Waals surface area contributed by atoms with Crippen LogP contribution in [0.2, 0.25) is 0 Å². The monoisotopic (exact) mass is 700 g/mol. The molecule has 8 nitrogen and oxygen atoms in total. The lowest BCUT2D eigenvalue weighted by Crippen LogP contribution is -2.34. The van der Waals surface area contributed by atoms with E-state index in [1.807, 2.05) is 60.7 Å². The first-order valence-electron chi connectivity index (χ1n) is 13.1. The molecule has 0 aliphatic rings. The molecule has 1 amide bonds. The van der Waals surface area contributed by atoms with E-state index in [1.54, 1.807) is 56.6 Å².